The van der Waals surface area contributed by atoms with Crippen molar-refractivity contribution in [1.29, 1.82) is 0 Å². The second-order valence-corrected chi connectivity index (χ2v) is 4.71. The normalized spacial score (nSPS) is 13.9. The Morgan fingerprint density at radius 1 is 1.28 bits per heavy atom. The lowest BCUT2D eigenvalue weighted by atomic mass is 9.96. The van der Waals surface area contributed by atoms with Crippen LogP contribution in [-0.2, 0) is 16.0 Å². The number of hydrogen-bond donors (Lipinski definition) is 1. The molecule has 0 fully saturated rings. The minimum Gasteiger partial charge on any atom is -0.469 e. The zero-order chi connectivity index (χ0) is 13.4. The van der Waals surface area contributed by atoms with Gasteiger partial charge in [0.25, 0.3) is 0 Å². The third-order valence-corrected chi connectivity index (χ3v) is 3.31. The number of hydrogen-bond acceptors (Lipinski definition) is 3. The maximum Gasteiger partial charge on any atom is 0.309 e. The fourth-order valence-corrected chi connectivity index (χ4v) is 1.96. The summed E-state index contributed by atoms with van der Waals surface area (Å²) < 4.78 is 4.69. The van der Waals surface area contributed by atoms with E-state index in [-0.39, 0.29) is 17.9 Å². The molecule has 0 amide bonds. The van der Waals surface area contributed by atoms with E-state index < -0.39 is 0 Å². The van der Waals surface area contributed by atoms with Crippen LogP contribution in [0.3, 0.4) is 0 Å². The number of ether oxygens (including phenoxy) is 1. The van der Waals surface area contributed by atoms with Crippen molar-refractivity contribution in [3.8, 4) is 0 Å². The minimum absolute atomic E-state index is 0.103. The Hall–Kier alpha value is -1.35. The second-order valence-electron chi connectivity index (χ2n) is 4.71. The largest absolute Gasteiger partial charge is 0.469 e. The van der Waals surface area contributed by atoms with Crippen LogP contribution in [0.15, 0.2) is 30.3 Å². The highest BCUT2D eigenvalue weighted by Crippen LogP contribution is 2.12. The summed E-state index contributed by atoms with van der Waals surface area (Å²) in [6, 6.07) is 10.3. The number of methoxy groups -OCH3 is 1. The van der Waals surface area contributed by atoms with Crippen molar-refractivity contribution < 1.29 is 9.53 Å². The summed E-state index contributed by atoms with van der Waals surface area (Å²) in [5, 5.41) is 0. The molecule has 0 aliphatic heterocycles. The zero-order valence-electron chi connectivity index (χ0n) is 11.3. The molecule has 0 aromatic heterocycles. The van der Waals surface area contributed by atoms with E-state index in [0.717, 1.165) is 25.7 Å². The Kier molecular flexibility index (Phi) is 6.44. The van der Waals surface area contributed by atoms with Crippen molar-refractivity contribution >= 4 is 5.97 Å². The van der Waals surface area contributed by atoms with Crippen molar-refractivity contribution in [2.45, 2.75) is 38.6 Å². The first kappa shape index (κ1) is 14.7. The number of rotatable bonds is 7. The van der Waals surface area contributed by atoms with Crippen molar-refractivity contribution in [1.82, 2.24) is 0 Å². The van der Waals surface area contributed by atoms with Crippen LogP contribution in [0, 0.1) is 5.92 Å². The Balaban J connectivity index is 2.20. The van der Waals surface area contributed by atoms with E-state index in [1.54, 1.807) is 0 Å². The van der Waals surface area contributed by atoms with Crippen LogP contribution < -0.4 is 5.73 Å². The van der Waals surface area contributed by atoms with Gasteiger partial charge in [0, 0.05) is 6.04 Å². The Bertz CT molecular complexity index is 351. The van der Waals surface area contributed by atoms with Crippen LogP contribution >= 0.6 is 0 Å². The fraction of sp³-hybridized carbons (Fsp3) is 0.533. The highest BCUT2D eigenvalue weighted by molar-refractivity contribution is 5.72. The topological polar surface area (TPSA) is 52.3 Å². The van der Waals surface area contributed by atoms with Gasteiger partial charge in [0.05, 0.1) is 13.0 Å². The third-order valence-electron chi connectivity index (χ3n) is 3.31. The first-order valence-electron chi connectivity index (χ1n) is 6.52. The first-order valence-corrected chi connectivity index (χ1v) is 6.52. The zero-order valence-corrected chi connectivity index (χ0v) is 11.3. The number of unbranched alkanes of at least 4 members (excludes halogenated alkanes) is 1. The molecule has 0 saturated carbocycles. The average Bonchev–Trinajstić information content (AvgIpc) is 2.42. The Morgan fingerprint density at radius 2 is 1.94 bits per heavy atom. The molecule has 18 heavy (non-hydrogen) atoms. The lowest BCUT2D eigenvalue weighted by Gasteiger charge is -2.17. The Morgan fingerprint density at radius 3 is 2.56 bits per heavy atom. The van der Waals surface area contributed by atoms with E-state index in [2.05, 4.69) is 29.0 Å². The fourth-order valence-electron chi connectivity index (χ4n) is 1.96. The number of carbonyl (C=O) groups is 1. The lowest BCUT2D eigenvalue weighted by Crippen LogP contribution is -2.34. The molecule has 1 aromatic rings. The summed E-state index contributed by atoms with van der Waals surface area (Å²) in [6.07, 6.45) is 4.08. The highest BCUT2D eigenvalue weighted by Gasteiger charge is 2.20. The predicted octanol–water partition coefficient (Wildman–Crippen LogP) is 2.54. The molecular weight excluding hydrogens is 226 g/mol. The lowest BCUT2D eigenvalue weighted by molar-refractivity contribution is -0.145. The molecule has 1 rings (SSSR count). The molecular formula is C15H23NO2. The number of esters is 1. The highest BCUT2D eigenvalue weighted by atomic mass is 16.5. The van der Waals surface area contributed by atoms with E-state index in [9.17, 15) is 4.79 Å². The molecule has 3 heteroatoms. The molecule has 0 aliphatic carbocycles. The summed E-state index contributed by atoms with van der Waals surface area (Å²) in [4.78, 5) is 11.3. The molecule has 0 saturated heterocycles. The van der Waals surface area contributed by atoms with Gasteiger partial charge in [-0.2, -0.15) is 0 Å². The van der Waals surface area contributed by atoms with Gasteiger partial charge in [-0.15, -0.1) is 0 Å². The van der Waals surface area contributed by atoms with Gasteiger partial charge in [-0.3, -0.25) is 4.79 Å². The monoisotopic (exact) mass is 249 g/mol. The van der Waals surface area contributed by atoms with Gasteiger partial charge >= 0.3 is 5.97 Å². The van der Waals surface area contributed by atoms with Gasteiger partial charge in [-0.25, -0.2) is 0 Å². The van der Waals surface area contributed by atoms with Crippen LogP contribution in [-0.4, -0.2) is 19.1 Å². The van der Waals surface area contributed by atoms with E-state index in [1.165, 1.54) is 12.7 Å². The minimum atomic E-state index is -0.217. The molecule has 0 spiro atoms. The smallest absolute Gasteiger partial charge is 0.309 e. The van der Waals surface area contributed by atoms with Gasteiger partial charge in [-0.05, 0) is 24.8 Å². The number of aryl methyl sites for hydroxylation is 1. The number of benzene rings is 1. The van der Waals surface area contributed by atoms with Crippen LogP contribution in [0.4, 0.5) is 0 Å². The summed E-state index contributed by atoms with van der Waals surface area (Å²) in [5.41, 5.74) is 7.33. The SMILES string of the molecule is COC(=O)[C@@H](C)[C@@H](N)CCCCc1ccccc1. The van der Waals surface area contributed by atoms with Gasteiger partial charge in [0.1, 0.15) is 0 Å². The molecule has 2 N–H and O–H groups in total. The van der Waals surface area contributed by atoms with Crippen LogP contribution in [0.25, 0.3) is 0 Å². The number of nitrogens with two attached hydrogens (primary N) is 1. The van der Waals surface area contributed by atoms with Crippen molar-refractivity contribution in [3.05, 3.63) is 35.9 Å². The van der Waals surface area contributed by atoms with Crippen LogP contribution in [0.2, 0.25) is 0 Å². The standard InChI is InChI=1S/C15H23NO2/c1-12(15(17)18-2)14(16)11-7-6-10-13-8-4-3-5-9-13/h3-5,8-9,12,14H,6-7,10-11,16H2,1-2H3/t12-,14-/m0/s1. The van der Waals surface area contributed by atoms with Crippen molar-refractivity contribution in [2.75, 3.05) is 7.11 Å². The molecule has 0 unspecified atom stereocenters. The summed E-state index contributed by atoms with van der Waals surface area (Å²) in [7, 11) is 1.40. The van der Waals surface area contributed by atoms with Gasteiger partial charge < -0.3 is 10.5 Å². The summed E-state index contributed by atoms with van der Waals surface area (Å²) in [5.74, 6) is -0.433. The molecule has 0 bridgehead atoms. The third kappa shape index (κ3) is 4.88. The Labute approximate surface area is 109 Å². The van der Waals surface area contributed by atoms with E-state index in [0.29, 0.717) is 0 Å². The molecule has 2 atom stereocenters. The van der Waals surface area contributed by atoms with Crippen LogP contribution in [0.5, 0.6) is 0 Å². The molecule has 0 radical (unpaired) electrons. The van der Waals surface area contributed by atoms with Gasteiger partial charge in [0.2, 0.25) is 0 Å². The number of carbonyl (C=O) groups excluding carboxylic acids is 1. The van der Waals surface area contributed by atoms with Crippen molar-refractivity contribution in [3.63, 3.8) is 0 Å². The molecule has 0 aliphatic rings. The average molecular weight is 249 g/mol. The van der Waals surface area contributed by atoms with Gasteiger partial charge in [0.15, 0.2) is 0 Å². The quantitative estimate of drug-likeness (QED) is 0.597. The maximum absolute atomic E-state index is 11.3. The predicted molar refractivity (Wildman–Crippen MR) is 73.2 cm³/mol. The molecule has 100 valence electrons. The maximum atomic E-state index is 11.3. The summed E-state index contributed by atoms with van der Waals surface area (Å²) >= 11 is 0. The molecule has 0 heterocycles. The second kappa shape index (κ2) is 7.88. The van der Waals surface area contributed by atoms with E-state index >= 15 is 0 Å². The van der Waals surface area contributed by atoms with Crippen LogP contribution in [0.1, 0.15) is 31.7 Å². The van der Waals surface area contributed by atoms with E-state index in [1.807, 2.05) is 13.0 Å². The molecule has 1 aromatic carbocycles. The van der Waals surface area contributed by atoms with Crippen molar-refractivity contribution in [2.24, 2.45) is 11.7 Å². The summed E-state index contributed by atoms with van der Waals surface area (Å²) in [6.45, 7) is 1.83. The molecule has 3 nitrogen and oxygen atoms in total. The van der Waals surface area contributed by atoms with Gasteiger partial charge in [-0.1, -0.05) is 43.7 Å². The van der Waals surface area contributed by atoms with E-state index in [4.69, 9.17) is 5.73 Å². The first-order chi connectivity index (χ1) is 8.65.